The molecule has 0 fully saturated rings. The Balaban J connectivity index is 2.76. The van der Waals surface area contributed by atoms with E-state index in [0.29, 0.717) is 10.2 Å². The van der Waals surface area contributed by atoms with Crippen LogP contribution in [0.15, 0.2) is 22.8 Å². The van der Waals surface area contributed by atoms with Crippen LogP contribution in [-0.4, -0.2) is 5.21 Å². The number of rotatable bonds is 2. The quantitative estimate of drug-likeness (QED) is 0.507. The highest BCUT2D eigenvalue weighted by atomic mass is 32.1. The molecule has 1 aromatic heterocycles. The summed E-state index contributed by atoms with van der Waals surface area (Å²) < 4.78 is 0. The summed E-state index contributed by atoms with van der Waals surface area (Å²) >= 11 is 1.24. The highest BCUT2D eigenvalue weighted by molar-refractivity contribution is 7.14. The summed E-state index contributed by atoms with van der Waals surface area (Å²) in [6.07, 6.45) is 0. The van der Waals surface area contributed by atoms with Crippen LogP contribution in [0, 0.1) is 4.91 Å². The first-order valence-electron chi connectivity index (χ1n) is 2.20. The Morgan fingerprint density at radius 1 is 1.78 bits per heavy atom. The molecule has 0 unspecified atom stereocenters. The van der Waals surface area contributed by atoms with Gasteiger partial charge in [0.1, 0.15) is 5.00 Å². The van der Waals surface area contributed by atoms with Crippen molar-refractivity contribution in [3.05, 3.63) is 22.4 Å². The molecule has 0 aromatic carbocycles. The normalized spacial score (nSPS) is 9.00. The number of anilines is 1. The number of nitroso groups, excluding NO2 is 1. The first kappa shape index (κ1) is 6.18. The van der Waals surface area contributed by atoms with E-state index in [-0.39, 0.29) is 0 Å². The Bertz CT molecular complexity index is 186. The molecule has 0 amide bonds. The molecule has 5 heteroatoms. The second-order valence-corrected chi connectivity index (χ2v) is 2.25. The number of thiophene rings is 1. The second-order valence-electron chi connectivity index (χ2n) is 1.32. The predicted octanol–water partition coefficient (Wildman–Crippen LogP) is 1.63. The molecule has 0 radical (unpaired) electrons. The van der Waals surface area contributed by atoms with Gasteiger partial charge in [-0.25, -0.2) is 0 Å². The van der Waals surface area contributed by atoms with Crippen molar-refractivity contribution >= 4 is 16.3 Å². The van der Waals surface area contributed by atoms with Gasteiger partial charge in [-0.05, 0) is 17.5 Å². The average molecular weight is 144 g/mol. The number of hydrogen-bond donors (Lipinski definition) is 1. The lowest BCUT2D eigenvalue weighted by atomic mass is 10.6. The minimum absolute atomic E-state index is 0.296. The van der Waals surface area contributed by atoms with Gasteiger partial charge in [0.2, 0.25) is 0 Å². The van der Waals surface area contributed by atoms with Crippen molar-refractivity contribution in [3.63, 3.8) is 0 Å². The fourth-order valence-electron chi connectivity index (χ4n) is 0.424. The maximum Gasteiger partial charge on any atom is 0.146 e. The lowest BCUT2D eigenvalue weighted by Gasteiger charge is -1.98. The van der Waals surface area contributed by atoms with E-state index in [2.05, 4.69) is 5.29 Å². The third-order valence-corrected chi connectivity index (χ3v) is 1.61. The Morgan fingerprint density at radius 3 is 3.00 bits per heavy atom. The van der Waals surface area contributed by atoms with Crippen LogP contribution >= 0.6 is 11.3 Å². The fourth-order valence-corrected chi connectivity index (χ4v) is 1.01. The van der Waals surface area contributed by atoms with Gasteiger partial charge in [-0.15, -0.1) is 16.2 Å². The third-order valence-electron chi connectivity index (χ3n) is 0.781. The Hall–Kier alpha value is -0.940. The average Bonchev–Trinajstić information content (AvgIpc) is 2.37. The van der Waals surface area contributed by atoms with Crippen molar-refractivity contribution in [1.82, 2.24) is 0 Å². The van der Waals surface area contributed by atoms with Crippen molar-refractivity contribution in [2.45, 2.75) is 0 Å². The number of hydrogen-bond acceptors (Lipinski definition) is 4. The molecule has 9 heavy (non-hydrogen) atoms. The third kappa shape index (κ3) is 1.24. The summed E-state index contributed by atoms with van der Waals surface area (Å²) in [7, 11) is 0. The van der Waals surface area contributed by atoms with E-state index < -0.39 is 0 Å². The van der Waals surface area contributed by atoms with E-state index in [1.54, 1.807) is 17.5 Å². The molecule has 0 atom stereocenters. The van der Waals surface area contributed by atoms with Crippen molar-refractivity contribution < 1.29 is 5.21 Å². The van der Waals surface area contributed by atoms with Crippen LogP contribution in [0.2, 0.25) is 0 Å². The van der Waals surface area contributed by atoms with E-state index in [1.807, 2.05) is 0 Å². The van der Waals surface area contributed by atoms with Crippen molar-refractivity contribution in [2.24, 2.45) is 5.29 Å². The van der Waals surface area contributed by atoms with Crippen LogP contribution in [0.25, 0.3) is 0 Å². The standard InChI is InChI=1S/C4H4N2O2S/c7-5-6(8)4-2-1-3-9-4/h1-3,8H. The zero-order valence-electron chi connectivity index (χ0n) is 4.39. The van der Waals surface area contributed by atoms with Gasteiger partial charge in [0.25, 0.3) is 0 Å². The van der Waals surface area contributed by atoms with Crippen LogP contribution in [0.4, 0.5) is 5.00 Å². The SMILES string of the molecule is O=NN(O)c1cccs1. The van der Waals surface area contributed by atoms with Crippen molar-refractivity contribution in [1.29, 1.82) is 0 Å². The zero-order valence-corrected chi connectivity index (χ0v) is 5.21. The van der Waals surface area contributed by atoms with E-state index in [0.717, 1.165) is 0 Å². The summed E-state index contributed by atoms with van der Waals surface area (Å²) in [5, 5.41) is 13.3. The Kier molecular flexibility index (Phi) is 1.76. The van der Waals surface area contributed by atoms with E-state index in [4.69, 9.17) is 5.21 Å². The van der Waals surface area contributed by atoms with Crippen molar-refractivity contribution in [3.8, 4) is 0 Å². The van der Waals surface area contributed by atoms with Crippen LogP contribution in [0.1, 0.15) is 0 Å². The second kappa shape index (κ2) is 2.56. The maximum absolute atomic E-state index is 9.64. The fraction of sp³-hybridized carbons (Fsp3) is 0. The first-order valence-corrected chi connectivity index (χ1v) is 3.08. The Labute approximate surface area is 55.2 Å². The van der Waals surface area contributed by atoms with Gasteiger partial charge in [0.05, 0.1) is 5.29 Å². The van der Waals surface area contributed by atoms with E-state index in [9.17, 15) is 4.91 Å². The molecule has 4 nitrogen and oxygen atoms in total. The monoisotopic (exact) mass is 144 g/mol. The molecular weight excluding hydrogens is 140 g/mol. The summed E-state index contributed by atoms with van der Waals surface area (Å²) in [6.45, 7) is 0. The van der Waals surface area contributed by atoms with Gasteiger partial charge in [-0.1, -0.05) is 5.17 Å². The van der Waals surface area contributed by atoms with Crippen LogP contribution < -0.4 is 5.17 Å². The van der Waals surface area contributed by atoms with Gasteiger partial charge >= 0.3 is 0 Å². The molecule has 0 aliphatic rings. The molecule has 48 valence electrons. The van der Waals surface area contributed by atoms with Crippen LogP contribution in [0.3, 0.4) is 0 Å². The summed E-state index contributed by atoms with van der Waals surface area (Å²) in [6, 6.07) is 3.31. The molecule has 0 spiro atoms. The molecule has 0 aliphatic heterocycles. The maximum atomic E-state index is 9.64. The largest absolute Gasteiger partial charge is 0.264 e. The van der Waals surface area contributed by atoms with Crippen LogP contribution in [0.5, 0.6) is 0 Å². The minimum Gasteiger partial charge on any atom is -0.264 e. The lowest BCUT2D eigenvalue weighted by molar-refractivity contribution is 0.260. The molecule has 0 bridgehead atoms. The highest BCUT2D eigenvalue weighted by Crippen LogP contribution is 2.18. The highest BCUT2D eigenvalue weighted by Gasteiger charge is 1.99. The molecule has 1 rings (SSSR count). The molecule has 0 saturated carbocycles. The summed E-state index contributed by atoms with van der Waals surface area (Å²) in [5.74, 6) is 0. The smallest absolute Gasteiger partial charge is 0.146 e. The summed E-state index contributed by atoms with van der Waals surface area (Å²) in [4.78, 5) is 9.64. The van der Waals surface area contributed by atoms with Gasteiger partial charge in [0.15, 0.2) is 0 Å². The van der Waals surface area contributed by atoms with E-state index >= 15 is 0 Å². The summed E-state index contributed by atoms with van der Waals surface area (Å²) in [5.41, 5.74) is 0. The first-order chi connectivity index (χ1) is 4.34. The van der Waals surface area contributed by atoms with Gasteiger partial charge in [-0.2, -0.15) is 0 Å². The molecular formula is C4H4N2O2S. The van der Waals surface area contributed by atoms with Gasteiger partial charge < -0.3 is 0 Å². The minimum atomic E-state index is 0.296. The lowest BCUT2D eigenvalue weighted by Crippen LogP contribution is -2.04. The van der Waals surface area contributed by atoms with Crippen LogP contribution in [-0.2, 0) is 0 Å². The zero-order chi connectivity index (χ0) is 6.69. The Morgan fingerprint density at radius 2 is 2.56 bits per heavy atom. The molecule has 1 heterocycles. The molecule has 0 aliphatic carbocycles. The molecule has 0 saturated heterocycles. The van der Waals surface area contributed by atoms with E-state index in [1.165, 1.54) is 11.3 Å². The molecule has 1 N–H and O–H groups in total. The topological polar surface area (TPSA) is 52.9 Å². The predicted molar refractivity (Wildman–Crippen MR) is 34.4 cm³/mol. The van der Waals surface area contributed by atoms with Gasteiger partial charge in [0, 0.05) is 0 Å². The number of nitrogens with zero attached hydrogens (tertiary/aromatic N) is 2. The molecule has 1 aromatic rings. The van der Waals surface area contributed by atoms with Crippen molar-refractivity contribution in [2.75, 3.05) is 5.17 Å². The van der Waals surface area contributed by atoms with Gasteiger partial charge in [-0.3, -0.25) is 5.21 Å².